The summed E-state index contributed by atoms with van der Waals surface area (Å²) in [6.07, 6.45) is 7.82. The zero-order valence-corrected chi connectivity index (χ0v) is 16.4. The number of anilines is 2. The van der Waals surface area contributed by atoms with Gasteiger partial charge in [0.25, 0.3) is 10.0 Å². The summed E-state index contributed by atoms with van der Waals surface area (Å²) in [5.41, 5.74) is 5.03. The van der Waals surface area contributed by atoms with E-state index in [1.165, 1.54) is 12.0 Å². The standard InChI is InChI=1S/C22H23N3O2S/c26-28(27,22-10-5-18-3-1-2-4-19(18)15-22)25-21-8-6-20(7-9-21)24-16-17-11-13-23-14-12-17/h5-15,24-25H,1-4,16H2. The molecule has 2 N–H and O–H groups in total. The molecule has 144 valence electrons. The Morgan fingerprint density at radius 1 is 0.821 bits per heavy atom. The third kappa shape index (κ3) is 4.34. The van der Waals surface area contributed by atoms with Crippen LogP contribution in [-0.4, -0.2) is 13.4 Å². The number of rotatable bonds is 6. The summed E-state index contributed by atoms with van der Waals surface area (Å²) in [4.78, 5) is 4.33. The molecule has 0 amide bonds. The first-order valence-corrected chi connectivity index (χ1v) is 11.0. The second-order valence-corrected chi connectivity index (χ2v) is 8.71. The molecule has 1 aliphatic carbocycles. The third-order valence-corrected chi connectivity index (χ3v) is 6.39. The fourth-order valence-corrected chi connectivity index (χ4v) is 4.56. The fraction of sp³-hybridized carbons (Fsp3) is 0.227. The van der Waals surface area contributed by atoms with E-state index in [1.807, 2.05) is 36.4 Å². The number of sulfonamides is 1. The molecule has 0 radical (unpaired) electrons. The van der Waals surface area contributed by atoms with E-state index in [1.54, 1.807) is 30.6 Å². The monoisotopic (exact) mass is 393 g/mol. The second kappa shape index (κ2) is 8.02. The van der Waals surface area contributed by atoms with Crippen LogP contribution in [0.3, 0.4) is 0 Å². The van der Waals surface area contributed by atoms with E-state index >= 15 is 0 Å². The van der Waals surface area contributed by atoms with E-state index in [2.05, 4.69) is 15.0 Å². The van der Waals surface area contributed by atoms with E-state index in [0.717, 1.165) is 36.1 Å². The third-order valence-electron chi connectivity index (χ3n) is 5.01. The number of fused-ring (bicyclic) bond motifs is 1. The van der Waals surface area contributed by atoms with E-state index < -0.39 is 10.0 Å². The maximum absolute atomic E-state index is 12.8. The highest BCUT2D eigenvalue weighted by Gasteiger charge is 2.17. The Bertz CT molecular complexity index is 1050. The predicted molar refractivity (Wildman–Crippen MR) is 112 cm³/mol. The Morgan fingerprint density at radius 3 is 2.25 bits per heavy atom. The Balaban J connectivity index is 1.43. The number of aryl methyl sites for hydroxylation is 2. The van der Waals surface area contributed by atoms with Gasteiger partial charge in [0.15, 0.2) is 0 Å². The quantitative estimate of drug-likeness (QED) is 0.652. The van der Waals surface area contributed by atoms with Gasteiger partial charge in [-0.25, -0.2) is 8.42 Å². The summed E-state index contributed by atoms with van der Waals surface area (Å²) in [6, 6.07) is 16.7. The minimum absolute atomic E-state index is 0.327. The molecule has 6 heteroatoms. The maximum Gasteiger partial charge on any atom is 0.261 e. The van der Waals surface area contributed by atoms with Crippen LogP contribution in [0.25, 0.3) is 0 Å². The molecule has 3 aromatic rings. The zero-order chi connectivity index (χ0) is 19.4. The van der Waals surface area contributed by atoms with Gasteiger partial charge in [-0.05, 0) is 90.9 Å². The highest BCUT2D eigenvalue weighted by atomic mass is 32.2. The van der Waals surface area contributed by atoms with E-state index in [-0.39, 0.29) is 0 Å². The van der Waals surface area contributed by atoms with Gasteiger partial charge in [-0.1, -0.05) is 6.07 Å². The molecule has 0 spiro atoms. The predicted octanol–water partition coefficient (Wildman–Crippen LogP) is 4.37. The van der Waals surface area contributed by atoms with Crippen LogP contribution >= 0.6 is 0 Å². The van der Waals surface area contributed by atoms with Crippen molar-refractivity contribution in [2.24, 2.45) is 0 Å². The lowest BCUT2D eigenvalue weighted by Gasteiger charge is -2.17. The summed E-state index contributed by atoms with van der Waals surface area (Å²) < 4.78 is 28.2. The van der Waals surface area contributed by atoms with Gasteiger partial charge in [0, 0.05) is 30.3 Å². The van der Waals surface area contributed by atoms with Crippen molar-refractivity contribution >= 4 is 21.4 Å². The number of benzene rings is 2. The summed E-state index contributed by atoms with van der Waals surface area (Å²) >= 11 is 0. The van der Waals surface area contributed by atoms with E-state index in [4.69, 9.17) is 0 Å². The zero-order valence-electron chi connectivity index (χ0n) is 15.6. The van der Waals surface area contributed by atoms with E-state index in [0.29, 0.717) is 17.1 Å². The molecular weight excluding hydrogens is 370 g/mol. The molecule has 0 fully saturated rings. The van der Waals surface area contributed by atoms with Crippen LogP contribution in [0.2, 0.25) is 0 Å². The van der Waals surface area contributed by atoms with Gasteiger partial charge in [-0.2, -0.15) is 0 Å². The molecule has 0 atom stereocenters. The molecule has 0 bridgehead atoms. The molecule has 1 aromatic heterocycles. The van der Waals surface area contributed by atoms with Crippen molar-refractivity contribution in [3.8, 4) is 0 Å². The molecular formula is C22H23N3O2S. The SMILES string of the molecule is O=S(=O)(Nc1ccc(NCc2ccncc2)cc1)c1ccc2c(c1)CCCC2. The average Bonchev–Trinajstić information content (AvgIpc) is 2.73. The number of hydrogen-bond acceptors (Lipinski definition) is 4. The Kier molecular flexibility index (Phi) is 5.30. The summed E-state index contributed by atoms with van der Waals surface area (Å²) in [5, 5.41) is 3.31. The summed E-state index contributed by atoms with van der Waals surface area (Å²) in [6.45, 7) is 0.683. The number of aromatic nitrogens is 1. The molecule has 1 heterocycles. The molecule has 28 heavy (non-hydrogen) atoms. The van der Waals surface area contributed by atoms with Crippen molar-refractivity contribution in [3.63, 3.8) is 0 Å². The normalized spacial score (nSPS) is 13.6. The highest BCUT2D eigenvalue weighted by molar-refractivity contribution is 7.92. The van der Waals surface area contributed by atoms with Crippen LogP contribution in [0.4, 0.5) is 11.4 Å². The Labute approximate surface area is 165 Å². The lowest BCUT2D eigenvalue weighted by molar-refractivity contribution is 0.600. The molecule has 2 aromatic carbocycles. The van der Waals surface area contributed by atoms with Crippen LogP contribution in [-0.2, 0) is 29.4 Å². The van der Waals surface area contributed by atoms with Crippen LogP contribution in [0.1, 0.15) is 29.5 Å². The first-order valence-electron chi connectivity index (χ1n) is 9.48. The molecule has 0 saturated heterocycles. The topological polar surface area (TPSA) is 71.1 Å². The van der Waals surface area contributed by atoms with Gasteiger partial charge in [0.2, 0.25) is 0 Å². The van der Waals surface area contributed by atoms with Crippen molar-refractivity contribution < 1.29 is 8.42 Å². The molecule has 0 saturated carbocycles. The van der Waals surface area contributed by atoms with Gasteiger partial charge >= 0.3 is 0 Å². The smallest absolute Gasteiger partial charge is 0.261 e. The van der Waals surface area contributed by atoms with Crippen molar-refractivity contribution in [1.29, 1.82) is 0 Å². The minimum atomic E-state index is -3.59. The van der Waals surface area contributed by atoms with E-state index in [9.17, 15) is 8.42 Å². The number of nitrogens with one attached hydrogen (secondary N) is 2. The number of pyridine rings is 1. The van der Waals surface area contributed by atoms with Crippen LogP contribution in [0.15, 0.2) is 71.9 Å². The van der Waals surface area contributed by atoms with Crippen molar-refractivity contribution in [1.82, 2.24) is 4.98 Å². The molecule has 4 rings (SSSR count). The summed E-state index contributed by atoms with van der Waals surface area (Å²) in [7, 11) is -3.59. The maximum atomic E-state index is 12.8. The van der Waals surface area contributed by atoms with Gasteiger partial charge < -0.3 is 5.32 Å². The van der Waals surface area contributed by atoms with Gasteiger partial charge in [0.05, 0.1) is 4.90 Å². The first kappa shape index (κ1) is 18.5. The molecule has 1 aliphatic rings. The average molecular weight is 394 g/mol. The van der Waals surface area contributed by atoms with Gasteiger partial charge in [-0.3, -0.25) is 9.71 Å². The van der Waals surface area contributed by atoms with Crippen molar-refractivity contribution in [2.75, 3.05) is 10.0 Å². The largest absolute Gasteiger partial charge is 0.381 e. The number of nitrogens with zero attached hydrogens (tertiary/aromatic N) is 1. The molecule has 5 nitrogen and oxygen atoms in total. The molecule has 0 unspecified atom stereocenters. The fourth-order valence-electron chi connectivity index (χ4n) is 3.45. The Morgan fingerprint density at radius 2 is 1.50 bits per heavy atom. The highest BCUT2D eigenvalue weighted by Crippen LogP contribution is 2.25. The van der Waals surface area contributed by atoms with Crippen LogP contribution in [0.5, 0.6) is 0 Å². The van der Waals surface area contributed by atoms with Crippen molar-refractivity contribution in [2.45, 2.75) is 37.1 Å². The summed E-state index contributed by atoms with van der Waals surface area (Å²) in [5.74, 6) is 0. The lowest BCUT2D eigenvalue weighted by Crippen LogP contribution is -2.14. The number of hydrogen-bond donors (Lipinski definition) is 2. The van der Waals surface area contributed by atoms with Crippen LogP contribution in [0, 0.1) is 0 Å². The van der Waals surface area contributed by atoms with Gasteiger partial charge in [0.1, 0.15) is 0 Å². The lowest BCUT2D eigenvalue weighted by atomic mass is 9.92. The minimum Gasteiger partial charge on any atom is -0.381 e. The van der Waals surface area contributed by atoms with Crippen molar-refractivity contribution in [3.05, 3.63) is 83.7 Å². The first-order chi connectivity index (χ1) is 13.6. The molecule has 0 aliphatic heterocycles. The van der Waals surface area contributed by atoms with Gasteiger partial charge in [-0.15, -0.1) is 0 Å². The van der Waals surface area contributed by atoms with Crippen LogP contribution < -0.4 is 10.0 Å². The second-order valence-electron chi connectivity index (χ2n) is 7.03. The Hall–Kier alpha value is -2.86.